The van der Waals surface area contributed by atoms with E-state index in [9.17, 15) is 4.79 Å². The van der Waals surface area contributed by atoms with Crippen LogP contribution in [0.5, 0.6) is 0 Å². The lowest BCUT2D eigenvalue weighted by molar-refractivity contribution is -0.116. The minimum atomic E-state index is 0.00801. The first-order valence-electron chi connectivity index (χ1n) is 3.82. The van der Waals surface area contributed by atoms with Crippen molar-refractivity contribution in [2.75, 3.05) is 5.32 Å². The Bertz CT molecular complexity index is 271. The van der Waals surface area contributed by atoms with Crippen LogP contribution < -0.4 is 5.32 Å². The Kier molecular flexibility index (Phi) is 3.16. The van der Waals surface area contributed by atoms with Gasteiger partial charge in [-0.25, -0.2) is 0 Å². The highest BCUT2D eigenvalue weighted by molar-refractivity contribution is 7.15. The average Bonchev–Trinajstić information content (AvgIpc) is 2.36. The molecule has 4 nitrogen and oxygen atoms in total. The van der Waals surface area contributed by atoms with Gasteiger partial charge >= 0.3 is 0 Å². The SMILES string of the molecule is CCCC(=O)Nc1nnc(C)s1. The molecular weight excluding hydrogens is 174 g/mol. The van der Waals surface area contributed by atoms with Crippen molar-refractivity contribution in [1.29, 1.82) is 0 Å². The van der Waals surface area contributed by atoms with Crippen LogP contribution in [0.1, 0.15) is 24.8 Å². The van der Waals surface area contributed by atoms with Gasteiger partial charge in [-0.3, -0.25) is 4.79 Å². The molecule has 0 aliphatic rings. The number of anilines is 1. The van der Waals surface area contributed by atoms with E-state index >= 15 is 0 Å². The van der Waals surface area contributed by atoms with Crippen molar-refractivity contribution in [3.05, 3.63) is 5.01 Å². The van der Waals surface area contributed by atoms with Gasteiger partial charge in [0, 0.05) is 6.42 Å². The Morgan fingerprint density at radius 2 is 2.33 bits per heavy atom. The maximum atomic E-state index is 11.0. The minimum absolute atomic E-state index is 0.00801. The molecule has 1 rings (SSSR count). The van der Waals surface area contributed by atoms with Crippen LogP contribution in [0.3, 0.4) is 0 Å². The van der Waals surface area contributed by atoms with Crippen molar-refractivity contribution in [2.45, 2.75) is 26.7 Å². The molecule has 0 aromatic carbocycles. The van der Waals surface area contributed by atoms with Crippen molar-refractivity contribution < 1.29 is 4.79 Å². The summed E-state index contributed by atoms with van der Waals surface area (Å²) in [4.78, 5) is 11.0. The van der Waals surface area contributed by atoms with Crippen LogP contribution in [0.25, 0.3) is 0 Å². The fraction of sp³-hybridized carbons (Fsp3) is 0.571. The molecule has 66 valence electrons. The fourth-order valence-electron chi connectivity index (χ4n) is 0.756. The number of nitrogens with zero attached hydrogens (tertiary/aromatic N) is 2. The second-order valence-electron chi connectivity index (χ2n) is 2.42. The van der Waals surface area contributed by atoms with E-state index in [2.05, 4.69) is 15.5 Å². The molecule has 0 saturated heterocycles. The number of amides is 1. The van der Waals surface area contributed by atoms with E-state index in [1.54, 1.807) is 0 Å². The third kappa shape index (κ3) is 2.58. The number of hydrogen-bond donors (Lipinski definition) is 1. The molecule has 5 heteroatoms. The largest absolute Gasteiger partial charge is 0.301 e. The summed E-state index contributed by atoms with van der Waals surface area (Å²) in [5.74, 6) is 0.00801. The minimum Gasteiger partial charge on any atom is -0.301 e. The lowest BCUT2D eigenvalue weighted by Crippen LogP contribution is -2.10. The smallest absolute Gasteiger partial charge is 0.226 e. The highest BCUT2D eigenvalue weighted by Gasteiger charge is 2.03. The van der Waals surface area contributed by atoms with Gasteiger partial charge in [0.15, 0.2) is 0 Å². The maximum Gasteiger partial charge on any atom is 0.226 e. The number of aromatic nitrogens is 2. The average molecular weight is 185 g/mol. The van der Waals surface area contributed by atoms with Gasteiger partial charge in [-0.05, 0) is 13.3 Å². The molecule has 0 spiro atoms. The second-order valence-corrected chi connectivity index (χ2v) is 3.61. The summed E-state index contributed by atoms with van der Waals surface area (Å²) in [6.45, 7) is 3.82. The summed E-state index contributed by atoms with van der Waals surface area (Å²) in [6, 6.07) is 0. The summed E-state index contributed by atoms with van der Waals surface area (Å²) in [7, 11) is 0. The fourth-order valence-corrected chi connectivity index (χ4v) is 1.36. The van der Waals surface area contributed by atoms with Crippen LogP contribution in [0.15, 0.2) is 0 Å². The van der Waals surface area contributed by atoms with E-state index in [1.807, 2.05) is 13.8 Å². The lowest BCUT2D eigenvalue weighted by Gasteiger charge is -1.96. The van der Waals surface area contributed by atoms with E-state index in [4.69, 9.17) is 0 Å². The summed E-state index contributed by atoms with van der Waals surface area (Å²) in [6.07, 6.45) is 1.39. The number of aryl methyl sites for hydroxylation is 1. The van der Waals surface area contributed by atoms with E-state index in [0.717, 1.165) is 11.4 Å². The monoisotopic (exact) mass is 185 g/mol. The summed E-state index contributed by atoms with van der Waals surface area (Å²) in [5, 5.41) is 11.7. The molecule has 12 heavy (non-hydrogen) atoms. The van der Waals surface area contributed by atoms with Gasteiger partial charge in [0.2, 0.25) is 11.0 Å². The Balaban J connectivity index is 2.46. The highest BCUT2D eigenvalue weighted by atomic mass is 32.1. The van der Waals surface area contributed by atoms with Crippen molar-refractivity contribution in [1.82, 2.24) is 10.2 Å². The van der Waals surface area contributed by atoms with Crippen molar-refractivity contribution in [2.24, 2.45) is 0 Å². The van der Waals surface area contributed by atoms with E-state index in [-0.39, 0.29) is 5.91 Å². The molecule has 1 N–H and O–H groups in total. The van der Waals surface area contributed by atoms with Crippen LogP contribution in [0, 0.1) is 6.92 Å². The van der Waals surface area contributed by atoms with E-state index in [0.29, 0.717) is 11.6 Å². The molecule has 0 bridgehead atoms. The molecule has 0 fully saturated rings. The predicted molar refractivity (Wildman–Crippen MR) is 48.2 cm³/mol. The first-order chi connectivity index (χ1) is 5.72. The predicted octanol–water partition coefficient (Wildman–Crippen LogP) is 1.59. The summed E-state index contributed by atoms with van der Waals surface area (Å²) < 4.78 is 0. The quantitative estimate of drug-likeness (QED) is 0.778. The second kappa shape index (κ2) is 4.15. The van der Waals surface area contributed by atoms with Crippen molar-refractivity contribution >= 4 is 22.4 Å². The van der Waals surface area contributed by atoms with Gasteiger partial charge in [-0.2, -0.15) is 0 Å². The molecule has 0 unspecified atom stereocenters. The molecule has 1 aromatic heterocycles. The van der Waals surface area contributed by atoms with Gasteiger partial charge in [-0.15, -0.1) is 10.2 Å². The number of nitrogens with one attached hydrogen (secondary N) is 1. The first-order valence-corrected chi connectivity index (χ1v) is 4.64. The maximum absolute atomic E-state index is 11.0. The number of carbonyl (C=O) groups excluding carboxylic acids is 1. The number of carbonyl (C=O) groups is 1. The molecule has 1 heterocycles. The van der Waals surface area contributed by atoms with Gasteiger partial charge in [-0.1, -0.05) is 18.3 Å². The zero-order valence-corrected chi connectivity index (χ0v) is 7.94. The Morgan fingerprint density at radius 1 is 1.58 bits per heavy atom. The number of hydrogen-bond acceptors (Lipinski definition) is 4. The summed E-state index contributed by atoms with van der Waals surface area (Å²) >= 11 is 1.39. The van der Waals surface area contributed by atoms with Crippen molar-refractivity contribution in [3.63, 3.8) is 0 Å². The van der Waals surface area contributed by atoms with Crippen LogP contribution in [0.2, 0.25) is 0 Å². The third-order valence-corrected chi connectivity index (χ3v) is 2.00. The molecule has 1 amide bonds. The molecular formula is C7H11N3OS. The highest BCUT2D eigenvalue weighted by Crippen LogP contribution is 2.13. The zero-order valence-electron chi connectivity index (χ0n) is 7.13. The Labute approximate surface area is 75.0 Å². The van der Waals surface area contributed by atoms with Crippen LogP contribution in [-0.2, 0) is 4.79 Å². The molecule has 0 aliphatic heterocycles. The molecule has 1 aromatic rings. The number of rotatable bonds is 3. The standard InChI is InChI=1S/C7H11N3OS/c1-3-4-6(11)8-7-10-9-5(2)12-7/h3-4H2,1-2H3,(H,8,10,11). The zero-order chi connectivity index (χ0) is 8.97. The Morgan fingerprint density at radius 3 is 2.83 bits per heavy atom. The van der Waals surface area contributed by atoms with Crippen molar-refractivity contribution in [3.8, 4) is 0 Å². The Hall–Kier alpha value is -0.970. The first kappa shape index (κ1) is 9.12. The molecule has 0 radical (unpaired) electrons. The van der Waals surface area contributed by atoms with E-state index < -0.39 is 0 Å². The normalized spacial score (nSPS) is 9.83. The van der Waals surface area contributed by atoms with Gasteiger partial charge in [0.25, 0.3) is 0 Å². The molecule has 0 aliphatic carbocycles. The third-order valence-electron chi connectivity index (χ3n) is 1.25. The molecule has 0 atom stereocenters. The summed E-state index contributed by atoms with van der Waals surface area (Å²) in [5.41, 5.74) is 0. The van der Waals surface area contributed by atoms with Gasteiger partial charge in [0.1, 0.15) is 5.01 Å². The van der Waals surface area contributed by atoms with Crippen LogP contribution in [-0.4, -0.2) is 16.1 Å². The van der Waals surface area contributed by atoms with Gasteiger partial charge in [0.05, 0.1) is 0 Å². The van der Waals surface area contributed by atoms with Gasteiger partial charge < -0.3 is 5.32 Å². The van der Waals surface area contributed by atoms with E-state index in [1.165, 1.54) is 11.3 Å². The van der Waals surface area contributed by atoms with Crippen LogP contribution in [0.4, 0.5) is 5.13 Å². The lowest BCUT2D eigenvalue weighted by atomic mass is 10.3. The molecule has 0 saturated carbocycles. The topological polar surface area (TPSA) is 54.9 Å². The van der Waals surface area contributed by atoms with Crippen LogP contribution >= 0.6 is 11.3 Å².